The number of nitrogens with two attached hydrogens (primary N) is 1. The first kappa shape index (κ1) is 18.4. The van der Waals surface area contributed by atoms with Crippen molar-refractivity contribution < 1.29 is 22.7 Å². The van der Waals surface area contributed by atoms with Gasteiger partial charge in [0.2, 0.25) is 10.0 Å². The molecule has 0 fully saturated rings. The van der Waals surface area contributed by atoms with E-state index in [-0.39, 0.29) is 4.90 Å². The molecule has 2 rings (SSSR count). The molecule has 3 N–H and O–H groups in total. The maximum Gasteiger partial charge on any atom is 0.339 e. The minimum Gasteiger partial charge on any atom is -0.452 e. The largest absolute Gasteiger partial charge is 0.452 e. The highest BCUT2D eigenvalue weighted by molar-refractivity contribution is 14.1. The van der Waals surface area contributed by atoms with Gasteiger partial charge in [0.25, 0.3) is 5.91 Å². The van der Waals surface area contributed by atoms with E-state index in [1.807, 2.05) is 22.6 Å². The van der Waals surface area contributed by atoms with Gasteiger partial charge < -0.3 is 10.1 Å². The van der Waals surface area contributed by atoms with Gasteiger partial charge in [-0.3, -0.25) is 4.79 Å². The fourth-order valence-electron chi connectivity index (χ4n) is 1.76. The summed E-state index contributed by atoms with van der Waals surface area (Å²) in [5.41, 5.74) is 0.737. The zero-order valence-corrected chi connectivity index (χ0v) is 15.2. The third kappa shape index (κ3) is 5.01. The number of hydrogen-bond donors (Lipinski definition) is 2. The maximum atomic E-state index is 11.9. The number of nitrogens with one attached hydrogen (secondary N) is 1. The number of primary sulfonamides is 1. The average Bonchev–Trinajstić information content (AvgIpc) is 2.53. The van der Waals surface area contributed by atoms with E-state index in [0.29, 0.717) is 11.3 Å². The number of carbonyl (C=O) groups is 2. The van der Waals surface area contributed by atoms with Crippen LogP contribution in [0.4, 0.5) is 5.69 Å². The first-order valence-corrected chi connectivity index (χ1v) is 9.24. The van der Waals surface area contributed by atoms with E-state index in [0.717, 1.165) is 3.57 Å². The molecule has 0 heterocycles. The summed E-state index contributed by atoms with van der Waals surface area (Å²) < 4.78 is 27.9. The van der Waals surface area contributed by atoms with Gasteiger partial charge in [-0.25, -0.2) is 18.4 Å². The highest BCUT2D eigenvalue weighted by Gasteiger charge is 2.13. The minimum atomic E-state index is -3.79. The summed E-state index contributed by atoms with van der Waals surface area (Å²) in [6, 6.07) is 12.2. The van der Waals surface area contributed by atoms with Gasteiger partial charge in [0.05, 0.1) is 10.5 Å². The summed E-state index contributed by atoms with van der Waals surface area (Å²) in [4.78, 5) is 23.6. The molecule has 0 saturated heterocycles. The Hall–Kier alpha value is -1.98. The van der Waals surface area contributed by atoms with Crippen molar-refractivity contribution in [1.82, 2.24) is 0 Å². The Morgan fingerprint density at radius 2 is 1.71 bits per heavy atom. The number of carbonyl (C=O) groups excluding carboxylic acids is 2. The summed E-state index contributed by atoms with van der Waals surface area (Å²) in [5.74, 6) is -1.14. The third-order valence-corrected chi connectivity index (χ3v) is 4.76. The summed E-state index contributed by atoms with van der Waals surface area (Å²) in [6.07, 6.45) is 0. The molecule has 0 bridgehead atoms. The van der Waals surface area contributed by atoms with E-state index in [9.17, 15) is 18.0 Å². The van der Waals surface area contributed by atoms with Crippen molar-refractivity contribution in [2.24, 2.45) is 5.14 Å². The van der Waals surface area contributed by atoms with E-state index < -0.39 is 28.5 Å². The minimum absolute atomic E-state index is 0.0643. The molecule has 1 amide bonds. The second-order valence-corrected chi connectivity index (χ2v) is 7.40. The molecule has 0 saturated carbocycles. The number of halogens is 1. The number of hydrogen-bond acceptors (Lipinski definition) is 5. The van der Waals surface area contributed by atoms with E-state index >= 15 is 0 Å². The van der Waals surface area contributed by atoms with Crippen LogP contribution in [0.2, 0.25) is 0 Å². The third-order valence-electron chi connectivity index (χ3n) is 2.89. The molecule has 9 heteroatoms. The van der Waals surface area contributed by atoms with Crippen molar-refractivity contribution in [3.05, 3.63) is 57.7 Å². The quantitative estimate of drug-likeness (QED) is 0.521. The van der Waals surface area contributed by atoms with Crippen molar-refractivity contribution >= 4 is 50.2 Å². The number of anilines is 1. The van der Waals surface area contributed by atoms with E-state index in [2.05, 4.69) is 5.32 Å². The Kier molecular flexibility index (Phi) is 5.91. The second kappa shape index (κ2) is 7.73. The second-order valence-electron chi connectivity index (χ2n) is 4.67. The molecule has 2 aromatic rings. The Morgan fingerprint density at radius 1 is 1.08 bits per heavy atom. The molecule has 2 aromatic carbocycles. The standard InChI is InChI=1S/C15H13IN2O5S/c16-13-4-2-1-3-12(13)15(20)23-9-14(19)18-10-5-7-11(8-6-10)24(17,21)22/h1-8H,9H2,(H,18,19)(H2,17,21,22). The predicted molar refractivity (Wildman–Crippen MR) is 95.9 cm³/mol. The van der Waals surface area contributed by atoms with Crippen molar-refractivity contribution in [2.45, 2.75) is 4.90 Å². The number of esters is 1. The lowest BCUT2D eigenvalue weighted by atomic mass is 10.2. The van der Waals surface area contributed by atoms with Crippen LogP contribution in [0.3, 0.4) is 0 Å². The van der Waals surface area contributed by atoms with Crippen LogP contribution in [0.25, 0.3) is 0 Å². The van der Waals surface area contributed by atoms with E-state index in [1.165, 1.54) is 24.3 Å². The van der Waals surface area contributed by atoms with Gasteiger partial charge in [-0.15, -0.1) is 0 Å². The van der Waals surface area contributed by atoms with Crippen LogP contribution in [-0.2, 0) is 19.6 Å². The zero-order chi connectivity index (χ0) is 17.7. The van der Waals surface area contributed by atoms with Crippen LogP contribution >= 0.6 is 22.6 Å². The van der Waals surface area contributed by atoms with Gasteiger partial charge in [-0.05, 0) is 59.0 Å². The van der Waals surface area contributed by atoms with Gasteiger partial charge in [0, 0.05) is 9.26 Å². The smallest absolute Gasteiger partial charge is 0.339 e. The molecular formula is C15H13IN2O5S. The molecule has 0 aliphatic carbocycles. The number of sulfonamides is 1. The van der Waals surface area contributed by atoms with E-state index in [4.69, 9.17) is 9.88 Å². The summed E-state index contributed by atoms with van der Waals surface area (Å²) in [5, 5.41) is 7.47. The highest BCUT2D eigenvalue weighted by atomic mass is 127. The fraction of sp³-hybridized carbons (Fsp3) is 0.0667. The van der Waals surface area contributed by atoms with Gasteiger partial charge in [0.1, 0.15) is 0 Å². The zero-order valence-electron chi connectivity index (χ0n) is 12.2. The van der Waals surface area contributed by atoms with Crippen LogP contribution < -0.4 is 10.5 Å². The fourth-order valence-corrected chi connectivity index (χ4v) is 2.88. The molecule has 126 valence electrons. The Bertz CT molecular complexity index is 866. The topological polar surface area (TPSA) is 116 Å². The van der Waals surface area contributed by atoms with Gasteiger partial charge in [-0.1, -0.05) is 12.1 Å². The lowest BCUT2D eigenvalue weighted by Gasteiger charge is -2.08. The molecule has 0 aromatic heterocycles. The lowest BCUT2D eigenvalue weighted by Crippen LogP contribution is -2.21. The van der Waals surface area contributed by atoms with Gasteiger partial charge in [0.15, 0.2) is 6.61 Å². The first-order valence-electron chi connectivity index (χ1n) is 6.62. The first-order chi connectivity index (χ1) is 11.3. The van der Waals surface area contributed by atoms with Crippen molar-refractivity contribution in [1.29, 1.82) is 0 Å². The van der Waals surface area contributed by atoms with E-state index in [1.54, 1.807) is 24.3 Å². The number of benzene rings is 2. The van der Waals surface area contributed by atoms with Crippen LogP contribution in [-0.4, -0.2) is 26.9 Å². The maximum absolute atomic E-state index is 11.9. The lowest BCUT2D eigenvalue weighted by molar-refractivity contribution is -0.119. The molecule has 0 radical (unpaired) electrons. The van der Waals surface area contributed by atoms with Crippen molar-refractivity contribution in [3.8, 4) is 0 Å². The SMILES string of the molecule is NS(=O)(=O)c1ccc(NC(=O)COC(=O)c2ccccc2I)cc1. The number of amides is 1. The molecule has 0 unspecified atom stereocenters. The molecule has 24 heavy (non-hydrogen) atoms. The van der Waals surface area contributed by atoms with Crippen LogP contribution in [0, 0.1) is 3.57 Å². The average molecular weight is 460 g/mol. The van der Waals surface area contributed by atoms with Crippen LogP contribution in [0.1, 0.15) is 10.4 Å². The van der Waals surface area contributed by atoms with Gasteiger partial charge >= 0.3 is 5.97 Å². The van der Waals surface area contributed by atoms with Crippen LogP contribution in [0.15, 0.2) is 53.4 Å². The molecule has 0 aliphatic heterocycles. The molecule has 0 aliphatic rings. The molecule has 0 atom stereocenters. The molecule has 7 nitrogen and oxygen atoms in total. The summed E-state index contributed by atoms with van der Waals surface area (Å²) >= 11 is 2.00. The Balaban J connectivity index is 1.92. The number of ether oxygens (including phenoxy) is 1. The predicted octanol–water partition coefficient (Wildman–Crippen LogP) is 1.73. The summed E-state index contributed by atoms with van der Waals surface area (Å²) in [7, 11) is -3.79. The van der Waals surface area contributed by atoms with Gasteiger partial charge in [-0.2, -0.15) is 0 Å². The molecular weight excluding hydrogens is 447 g/mol. The van der Waals surface area contributed by atoms with Crippen molar-refractivity contribution in [3.63, 3.8) is 0 Å². The number of rotatable bonds is 5. The Morgan fingerprint density at radius 3 is 2.29 bits per heavy atom. The summed E-state index contributed by atoms with van der Waals surface area (Å²) in [6.45, 7) is -0.458. The normalized spacial score (nSPS) is 10.9. The Labute approximate surface area is 152 Å². The molecule has 0 spiro atoms. The van der Waals surface area contributed by atoms with Crippen LogP contribution in [0.5, 0.6) is 0 Å². The monoisotopic (exact) mass is 460 g/mol. The highest BCUT2D eigenvalue weighted by Crippen LogP contribution is 2.14. The van der Waals surface area contributed by atoms with Crippen molar-refractivity contribution in [2.75, 3.05) is 11.9 Å².